The van der Waals surface area contributed by atoms with E-state index in [1.165, 1.54) is 24.5 Å². The molecule has 2 aromatic heterocycles. The Balaban J connectivity index is 1.97. The van der Waals surface area contributed by atoms with Gasteiger partial charge in [-0.3, -0.25) is 9.38 Å². The average molecular weight is 344 g/mol. The molecule has 1 aromatic carbocycles. The molecule has 3 aromatic rings. The second-order valence-electron chi connectivity index (χ2n) is 4.98. The van der Waals surface area contributed by atoms with Crippen molar-refractivity contribution in [1.82, 2.24) is 19.6 Å². The van der Waals surface area contributed by atoms with Crippen LogP contribution < -0.4 is 4.74 Å². The Hall–Kier alpha value is -2.78. The molecule has 5 nitrogen and oxygen atoms in total. The maximum Gasteiger partial charge on any atom is 0.573 e. The lowest BCUT2D eigenvalue weighted by molar-refractivity contribution is -0.274. The largest absolute Gasteiger partial charge is 0.573 e. The summed E-state index contributed by atoms with van der Waals surface area (Å²) in [7, 11) is 0. The molecule has 0 saturated heterocycles. The van der Waals surface area contributed by atoms with Crippen molar-refractivity contribution in [2.75, 3.05) is 0 Å². The van der Waals surface area contributed by atoms with Gasteiger partial charge in [0.05, 0.1) is 11.9 Å². The summed E-state index contributed by atoms with van der Waals surface area (Å²) in [4.78, 5) is 4.05. The first-order valence-corrected chi connectivity index (χ1v) is 6.59. The Kier molecular flexibility index (Phi) is 3.61. The van der Waals surface area contributed by atoms with E-state index in [4.69, 9.17) is 0 Å². The Labute approximate surface area is 131 Å². The first-order valence-electron chi connectivity index (χ1n) is 6.59. The molecule has 24 heavy (non-hydrogen) atoms. The average Bonchev–Trinajstić information content (AvgIpc) is 2.89. The molecule has 0 aliphatic heterocycles. The maximum atomic E-state index is 13.5. The summed E-state index contributed by atoms with van der Waals surface area (Å²) >= 11 is 0. The van der Waals surface area contributed by atoms with Crippen molar-refractivity contribution in [3.05, 3.63) is 42.5 Å². The van der Waals surface area contributed by atoms with E-state index in [0.29, 0.717) is 12.5 Å². The fourth-order valence-corrected chi connectivity index (χ4v) is 2.08. The zero-order valence-corrected chi connectivity index (χ0v) is 12.1. The zero-order chi connectivity index (χ0) is 17.5. The third kappa shape index (κ3) is 3.26. The van der Waals surface area contributed by atoms with Crippen LogP contribution in [-0.2, 0) is 5.92 Å². The number of fused-ring (bicyclic) bond motifs is 1. The minimum absolute atomic E-state index is 0.132. The molecule has 0 saturated carbocycles. The Bertz CT molecular complexity index is 867. The van der Waals surface area contributed by atoms with Gasteiger partial charge in [0.15, 0.2) is 5.65 Å². The summed E-state index contributed by atoms with van der Waals surface area (Å²) in [6, 6.07) is 4.89. The second kappa shape index (κ2) is 5.39. The van der Waals surface area contributed by atoms with Gasteiger partial charge in [0.2, 0.25) is 5.82 Å². The standard InChI is InChI=1S/C14H9F5N4O/c1-13(15,16)12-22-21-11-6-20-10(7-23(11)12)8-2-4-9(5-3-8)24-14(17,18)19/h2-7H,1H3. The highest BCUT2D eigenvalue weighted by Crippen LogP contribution is 2.28. The molecule has 0 fully saturated rings. The molecule has 126 valence electrons. The van der Waals surface area contributed by atoms with Gasteiger partial charge in [0.1, 0.15) is 5.75 Å². The Morgan fingerprint density at radius 1 is 1.00 bits per heavy atom. The number of nitrogens with zero attached hydrogens (tertiary/aromatic N) is 4. The van der Waals surface area contributed by atoms with Gasteiger partial charge in [-0.25, -0.2) is 0 Å². The third-order valence-electron chi connectivity index (χ3n) is 3.07. The van der Waals surface area contributed by atoms with Crippen LogP contribution in [0.1, 0.15) is 12.7 Å². The predicted molar refractivity (Wildman–Crippen MR) is 72.5 cm³/mol. The van der Waals surface area contributed by atoms with Gasteiger partial charge in [-0.2, -0.15) is 8.78 Å². The van der Waals surface area contributed by atoms with Crippen LogP contribution in [0.3, 0.4) is 0 Å². The molecule has 0 spiro atoms. The molecule has 0 atom stereocenters. The second-order valence-corrected chi connectivity index (χ2v) is 4.98. The monoisotopic (exact) mass is 344 g/mol. The van der Waals surface area contributed by atoms with Crippen LogP contribution in [0.15, 0.2) is 36.7 Å². The number of rotatable bonds is 3. The van der Waals surface area contributed by atoms with Crippen LogP contribution in [0, 0.1) is 0 Å². The van der Waals surface area contributed by atoms with Gasteiger partial charge >= 0.3 is 12.3 Å². The molecule has 0 aliphatic rings. The van der Waals surface area contributed by atoms with Crippen LogP contribution in [0.4, 0.5) is 22.0 Å². The molecule has 0 amide bonds. The van der Waals surface area contributed by atoms with E-state index in [-0.39, 0.29) is 11.3 Å². The maximum absolute atomic E-state index is 13.5. The van der Waals surface area contributed by atoms with Gasteiger partial charge in [-0.05, 0) is 24.3 Å². The third-order valence-corrected chi connectivity index (χ3v) is 3.07. The highest BCUT2D eigenvalue weighted by atomic mass is 19.4. The first kappa shape index (κ1) is 16.1. The lowest BCUT2D eigenvalue weighted by Gasteiger charge is -2.10. The molecule has 0 bridgehead atoms. The fourth-order valence-electron chi connectivity index (χ4n) is 2.08. The zero-order valence-electron chi connectivity index (χ0n) is 12.1. The Morgan fingerprint density at radius 2 is 1.67 bits per heavy atom. The van der Waals surface area contributed by atoms with Crippen molar-refractivity contribution in [1.29, 1.82) is 0 Å². The van der Waals surface area contributed by atoms with Crippen molar-refractivity contribution in [2.45, 2.75) is 19.2 Å². The van der Waals surface area contributed by atoms with E-state index in [9.17, 15) is 22.0 Å². The molecular formula is C14H9F5N4O. The summed E-state index contributed by atoms with van der Waals surface area (Å²) in [5.74, 6) is -4.15. The fraction of sp³-hybridized carbons (Fsp3) is 0.214. The van der Waals surface area contributed by atoms with Gasteiger partial charge < -0.3 is 4.74 Å². The van der Waals surface area contributed by atoms with Crippen molar-refractivity contribution < 1.29 is 26.7 Å². The molecular weight excluding hydrogens is 335 g/mol. The van der Waals surface area contributed by atoms with E-state index in [1.807, 2.05) is 0 Å². The summed E-state index contributed by atoms with van der Waals surface area (Å²) in [5.41, 5.74) is 0.823. The molecule has 10 heteroatoms. The van der Waals surface area contributed by atoms with E-state index < -0.39 is 23.9 Å². The van der Waals surface area contributed by atoms with Crippen LogP contribution in [0.5, 0.6) is 5.75 Å². The molecule has 2 heterocycles. The molecule has 3 rings (SSSR count). The topological polar surface area (TPSA) is 52.3 Å². The van der Waals surface area contributed by atoms with Crippen molar-refractivity contribution in [3.8, 4) is 17.0 Å². The number of alkyl halides is 5. The number of hydrogen-bond donors (Lipinski definition) is 0. The van der Waals surface area contributed by atoms with E-state index in [1.54, 1.807) is 0 Å². The summed E-state index contributed by atoms with van der Waals surface area (Å²) < 4.78 is 68.3. The van der Waals surface area contributed by atoms with Crippen LogP contribution in [0.25, 0.3) is 16.9 Å². The summed E-state index contributed by atoms with van der Waals surface area (Å²) in [5, 5.41) is 7.03. The smallest absolute Gasteiger partial charge is 0.406 e. The van der Waals surface area contributed by atoms with Crippen LogP contribution >= 0.6 is 0 Å². The van der Waals surface area contributed by atoms with Gasteiger partial charge in [-0.1, -0.05) is 0 Å². The SMILES string of the molecule is CC(F)(F)c1nnc2cnc(-c3ccc(OC(F)(F)F)cc3)cn12. The van der Waals surface area contributed by atoms with Crippen molar-refractivity contribution >= 4 is 5.65 Å². The van der Waals surface area contributed by atoms with Gasteiger partial charge in [0.25, 0.3) is 0 Å². The molecule has 0 aliphatic carbocycles. The Morgan fingerprint density at radius 3 is 2.25 bits per heavy atom. The minimum Gasteiger partial charge on any atom is -0.406 e. The van der Waals surface area contributed by atoms with Gasteiger partial charge in [0, 0.05) is 18.7 Å². The molecule has 0 N–H and O–H groups in total. The van der Waals surface area contributed by atoms with Crippen LogP contribution in [0.2, 0.25) is 0 Å². The molecule has 0 unspecified atom stereocenters. The summed E-state index contributed by atoms with van der Waals surface area (Å²) in [6.07, 6.45) is -2.25. The van der Waals surface area contributed by atoms with Crippen LogP contribution in [-0.4, -0.2) is 25.9 Å². The lowest BCUT2D eigenvalue weighted by atomic mass is 10.1. The predicted octanol–water partition coefficient (Wildman–Crippen LogP) is 3.80. The van der Waals surface area contributed by atoms with E-state index in [0.717, 1.165) is 16.5 Å². The van der Waals surface area contributed by atoms with Crippen molar-refractivity contribution in [2.24, 2.45) is 0 Å². The van der Waals surface area contributed by atoms with E-state index in [2.05, 4.69) is 19.9 Å². The van der Waals surface area contributed by atoms with Gasteiger partial charge in [-0.15, -0.1) is 23.4 Å². The highest BCUT2D eigenvalue weighted by molar-refractivity contribution is 5.60. The number of hydrogen-bond acceptors (Lipinski definition) is 4. The number of benzene rings is 1. The number of halogens is 5. The van der Waals surface area contributed by atoms with Crippen molar-refractivity contribution in [3.63, 3.8) is 0 Å². The minimum atomic E-state index is -4.79. The highest BCUT2D eigenvalue weighted by Gasteiger charge is 2.32. The summed E-state index contributed by atoms with van der Waals surface area (Å²) in [6.45, 7) is 0.687. The number of ether oxygens (including phenoxy) is 1. The molecule has 0 radical (unpaired) electrons. The first-order chi connectivity index (χ1) is 11.1. The quantitative estimate of drug-likeness (QED) is 0.678. The van der Waals surface area contributed by atoms with E-state index >= 15 is 0 Å². The number of aromatic nitrogens is 4. The lowest BCUT2D eigenvalue weighted by Crippen LogP contribution is -2.16. The normalized spacial score (nSPS) is 12.6.